The highest BCUT2D eigenvalue weighted by atomic mass is 19.1. The Bertz CT molecular complexity index is 1310. The summed E-state index contributed by atoms with van der Waals surface area (Å²) in [7, 11) is 1.67. The van der Waals surface area contributed by atoms with E-state index in [1.807, 2.05) is 18.2 Å². The maximum Gasteiger partial charge on any atom is 0.164 e. The van der Waals surface area contributed by atoms with E-state index in [0.29, 0.717) is 34.7 Å². The molecule has 2 atom stereocenters. The molecule has 2 bridgehead atoms. The summed E-state index contributed by atoms with van der Waals surface area (Å²) in [5.74, 6) is 3.71. The predicted molar refractivity (Wildman–Crippen MR) is 123 cm³/mol. The maximum absolute atomic E-state index is 13.9. The van der Waals surface area contributed by atoms with Gasteiger partial charge in [0, 0.05) is 23.2 Å². The van der Waals surface area contributed by atoms with Crippen LogP contribution in [0.15, 0.2) is 36.7 Å². The van der Waals surface area contributed by atoms with Crippen LogP contribution >= 0.6 is 0 Å². The van der Waals surface area contributed by atoms with Crippen molar-refractivity contribution in [2.45, 2.75) is 38.6 Å². The molecule has 2 N–H and O–H groups in total. The Morgan fingerprint density at radius 3 is 2.72 bits per heavy atom. The second kappa shape index (κ2) is 7.43. The Labute approximate surface area is 185 Å². The zero-order valence-corrected chi connectivity index (χ0v) is 18.2. The van der Waals surface area contributed by atoms with E-state index in [2.05, 4.69) is 22.2 Å². The topological polar surface area (TPSA) is 75.7 Å². The van der Waals surface area contributed by atoms with Crippen LogP contribution in [0.25, 0.3) is 33.3 Å². The van der Waals surface area contributed by atoms with Crippen LogP contribution in [0.2, 0.25) is 0 Å². The van der Waals surface area contributed by atoms with Crippen LogP contribution in [-0.2, 0) is 0 Å². The lowest BCUT2D eigenvalue weighted by Crippen LogP contribution is -2.47. The molecule has 4 aromatic rings. The van der Waals surface area contributed by atoms with E-state index in [0.717, 1.165) is 34.0 Å². The predicted octanol–water partition coefficient (Wildman–Crippen LogP) is 5.56. The van der Waals surface area contributed by atoms with E-state index in [1.54, 1.807) is 13.3 Å². The van der Waals surface area contributed by atoms with Crippen molar-refractivity contribution in [2.24, 2.45) is 17.8 Å². The second-order valence-electron chi connectivity index (χ2n) is 9.21. The summed E-state index contributed by atoms with van der Waals surface area (Å²) in [4.78, 5) is 17.1. The Balaban J connectivity index is 1.52. The summed E-state index contributed by atoms with van der Waals surface area (Å²) in [5.41, 5.74) is 2.14. The summed E-state index contributed by atoms with van der Waals surface area (Å²) in [6, 6.07) is 7.70. The molecule has 3 fully saturated rings. The van der Waals surface area contributed by atoms with E-state index in [1.165, 1.54) is 37.9 Å². The zero-order valence-electron chi connectivity index (χ0n) is 18.2. The van der Waals surface area contributed by atoms with Crippen molar-refractivity contribution in [1.82, 2.24) is 19.9 Å². The Morgan fingerprint density at radius 1 is 1.12 bits per heavy atom. The molecule has 7 heteroatoms. The summed E-state index contributed by atoms with van der Waals surface area (Å²) in [6.45, 7) is 2.36. The molecule has 1 aromatic carbocycles. The number of benzene rings is 1. The fraction of sp³-hybridized carbons (Fsp3) is 0.400. The lowest BCUT2D eigenvalue weighted by molar-refractivity contribution is 0.0928. The van der Waals surface area contributed by atoms with Crippen LogP contribution in [0, 0.1) is 23.6 Å². The van der Waals surface area contributed by atoms with Gasteiger partial charge in [0.25, 0.3) is 0 Å². The number of fused-ring (bicyclic) bond motifs is 5. The molecule has 0 saturated heterocycles. The van der Waals surface area contributed by atoms with Gasteiger partial charge in [-0.1, -0.05) is 13.0 Å². The van der Waals surface area contributed by atoms with Crippen LogP contribution in [0.5, 0.6) is 5.75 Å². The molecule has 3 saturated carbocycles. The number of methoxy groups -OCH3 is 1. The Hall–Kier alpha value is -3.22. The third-order valence-electron chi connectivity index (χ3n) is 7.58. The molecule has 3 aliphatic carbocycles. The van der Waals surface area contributed by atoms with Gasteiger partial charge in [0.15, 0.2) is 5.82 Å². The number of hydrogen-bond acceptors (Lipinski definition) is 5. The molecule has 2 unspecified atom stereocenters. The largest absolute Gasteiger partial charge is 0.496 e. The molecule has 0 aliphatic heterocycles. The number of halogens is 1. The smallest absolute Gasteiger partial charge is 0.164 e. The highest BCUT2D eigenvalue weighted by Gasteiger charge is 2.41. The van der Waals surface area contributed by atoms with E-state index in [4.69, 9.17) is 14.7 Å². The van der Waals surface area contributed by atoms with E-state index in [9.17, 15) is 4.39 Å². The monoisotopic (exact) mass is 431 g/mol. The number of ether oxygens (including phenoxy) is 1. The fourth-order valence-corrected chi connectivity index (χ4v) is 5.87. The number of anilines is 1. The fourth-order valence-electron chi connectivity index (χ4n) is 5.87. The summed E-state index contributed by atoms with van der Waals surface area (Å²) in [5, 5.41) is 5.37. The normalized spacial score (nSPS) is 24.8. The second-order valence-corrected chi connectivity index (χ2v) is 9.21. The van der Waals surface area contributed by atoms with Crippen LogP contribution in [0.3, 0.4) is 0 Å². The number of pyridine rings is 1. The summed E-state index contributed by atoms with van der Waals surface area (Å²) in [6.07, 6.45) is 8.21. The highest BCUT2D eigenvalue weighted by molar-refractivity contribution is 5.98. The van der Waals surface area contributed by atoms with Crippen molar-refractivity contribution in [2.75, 3.05) is 12.4 Å². The van der Waals surface area contributed by atoms with Gasteiger partial charge in [-0.3, -0.25) is 0 Å². The number of aromatic amines is 1. The van der Waals surface area contributed by atoms with E-state index < -0.39 is 0 Å². The number of nitrogens with one attached hydrogen (secondary N) is 2. The molecule has 3 aromatic heterocycles. The molecular weight excluding hydrogens is 405 g/mol. The summed E-state index contributed by atoms with van der Waals surface area (Å²) < 4.78 is 19.6. The third kappa shape index (κ3) is 3.02. The summed E-state index contributed by atoms with van der Waals surface area (Å²) >= 11 is 0. The number of H-pyrrole nitrogens is 1. The lowest BCUT2D eigenvalue weighted by Gasteiger charge is -2.47. The van der Waals surface area contributed by atoms with Gasteiger partial charge < -0.3 is 15.0 Å². The average Bonchev–Trinajstić information content (AvgIpc) is 3.24. The van der Waals surface area contributed by atoms with Crippen molar-refractivity contribution in [3.05, 3.63) is 42.5 Å². The number of rotatable bonds is 4. The van der Waals surface area contributed by atoms with Gasteiger partial charge in [-0.05, 0) is 61.6 Å². The molecule has 7 rings (SSSR count). The first-order chi connectivity index (χ1) is 15.6. The van der Waals surface area contributed by atoms with Crippen molar-refractivity contribution in [3.63, 3.8) is 0 Å². The van der Waals surface area contributed by atoms with Crippen LogP contribution in [-0.4, -0.2) is 33.1 Å². The minimum absolute atomic E-state index is 0.375. The van der Waals surface area contributed by atoms with E-state index in [-0.39, 0.29) is 5.82 Å². The van der Waals surface area contributed by atoms with Gasteiger partial charge >= 0.3 is 0 Å². The molecule has 32 heavy (non-hydrogen) atoms. The minimum Gasteiger partial charge on any atom is -0.496 e. The average molecular weight is 432 g/mol. The molecule has 3 aliphatic rings. The van der Waals surface area contributed by atoms with Gasteiger partial charge in [0.1, 0.15) is 23.0 Å². The number of aromatic nitrogens is 4. The highest BCUT2D eigenvalue weighted by Crippen LogP contribution is 2.46. The molecule has 0 radical (unpaired) electrons. The molecule has 0 amide bonds. The van der Waals surface area contributed by atoms with Crippen LogP contribution < -0.4 is 10.1 Å². The van der Waals surface area contributed by atoms with Crippen molar-refractivity contribution >= 4 is 27.8 Å². The SMILES string of the molecule is COc1cccc2nc(-c3c[nH]c4ncc(F)cc34)nc(NC3C4CCC(CC4)C3C)c12. The minimum atomic E-state index is -0.383. The van der Waals surface area contributed by atoms with Gasteiger partial charge in [0.05, 0.1) is 24.2 Å². The van der Waals surface area contributed by atoms with Crippen LogP contribution in [0.1, 0.15) is 32.6 Å². The quantitative estimate of drug-likeness (QED) is 0.443. The maximum atomic E-state index is 13.9. The molecular formula is C25H26FN5O. The first-order valence-corrected chi connectivity index (χ1v) is 11.4. The zero-order chi connectivity index (χ0) is 21.8. The standard InChI is InChI=1S/C25H26FN5O/c1-13-14-6-8-15(9-7-14)22(13)30-25-21-19(4-3-5-20(21)32-2)29-24(31-25)18-12-28-23-17(18)10-16(26)11-27-23/h3-5,10-15,22H,6-9H2,1-2H3,(H,27,28)(H,29,30,31). The van der Waals surface area contributed by atoms with Crippen LogP contribution in [0.4, 0.5) is 10.2 Å². The van der Waals surface area contributed by atoms with Crippen molar-refractivity contribution in [3.8, 4) is 17.1 Å². The Morgan fingerprint density at radius 2 is 1.94 bits per heavy atom. The van der Waals surface area contributed by atoms with Gasteiger partial charge in [-0.2, -0.15) is 0 Å². The molecule has 0 spiro atoms. The number of hydrogen-bond donors (Lipinski definition) is 2. The Kier molecular flexibility index (Phi) is 4.52. The first-order valence-electron chi connectivity index (χ1n) is 11.4. The van der Waals surface area contributed by atoms with Crippen molar-refractivity contribution in [1.29, 1.82) is 0 Å². The van der Waals surface area contributed by atoms with Gasteiger partial charge in [-0.15, -0.1) is 0 Å². The molecule has 6 nitrogen and oxygen atoms in total. The van der Waals surface area contributed by atoms with Gasteiger partial charge in [-0.25, -0.2) is 19.3 Å². The lowest BCUT2D eigenvalue weighted by atomic mass is 9.62. The molecule has 3 heterocycles. The third-order valence-corrected chi connectivity index (χ3v) is 7.58. The van der Waals surface area contributed by atoms with E-state index >= 15 is 0 Å². The van der Waals surface area contributed by atoms with Gasteiger partial charge in [0.2, 0.25) is 0 Å². The van der Waals surface area contributed by atoms with Crippen molar-refractivity contribution < 1.29 is 9.13 Å². The first kappa shape index (κ1) is 19.5. The molecule has 164 valence electrons. The number of nitrogens with zero attached hydrogens (tertiary/aromatic N) is 3.